The monoisotopic (exact) mass is 380 g/mol. The Morgan fingerprint density at radius 2 is 1.61 bits per heavy atom. The van der Waals surface area contributed by atoms with Crippen LogP contribution in [0.25, 0.3) is 11.4 Å². The van der Waals surface area contributed by atoms with Crippen LogP contribution >= 0.6 is 0 Å². The van der Waals surface area contributed by atoms with E-state index in [9.17, 15) is 9.59 Å². The number of para-hydroxylation sites is 1. The molecular weight excluding hydrogens is 360 g/mol. The van der Waals surface area contributed by atoms with Crippen LogP contribution in [0.2, 0.25) is 0 Å². The summed E-state index contributed by atoms with van der Waals surface area (Å²) in [6.45, 7) is 0.258. The fourth-order valence-electron chi connectivity index (χ4n) is 2.32. The lowest BCUT2D eigenvalue weighted by Crippen LogP contribution is -2.43. The van der Waals surface area contributed by atoms with E-state index in [0.717, 1.165) is 16.1 Å². The van der Waals surface area contributed by atoms with Crippen molar-refractivity contribution in [2.75, 3.05) is 6.61 Å². The summed E-state index contributed by atoms with van der Waals surface area (Å²) in [6.07, 6.45) is 0.758. The third kappa shape index (κ3) is 5.90. The van der Waals surface area contributed by atoms with Gasteiger partial charge in [-0.15, -0.1) is 10.2 Å². The van der Waals surface area contributed by atoms with Gasteiger partial charge in [0.05, 0.1) is 6.61 Å². The van der Waals surface area contributed by atoms with E-state index < -0.39 is 5.91 Å². The standard InChI is InChI=1S/C19H20N6O3/c26-17(12-7-13-28-16-10-5-2-6-11-16)20-21-18(27)14-25-23-19(22-24-25)15-8-3-1-4-9-15/h1-6,8-11H,7,12-14H2,(H,20,26)(H,21,27). The Morgan fingerprint density at radius 1 is 0.929 bits per heavy atom. The SMILES string of the molecule is O=C(CCCOc1ccccc1)NNC(=O)Cn1nnc(-c2ccccc2)n1. The minimum atomic E-state index is -0.453. The first-order chi connectivity index (χ1) is 13.7. The second kappa shape index (κ2) is 9.81. The van der Waals surface area contributed by atoms with E-state index in [1.54, 1.807) is 0 Å². The van der Waals surface area contributed by atoms with E-state index >= 15 is 0 Å². The number of hydrazine groups is 1. The van der Waals surface area contributed by atoms with Crippen molar-refractivity contribution in [3.05, 3.63) is 60.7 Å². The minimum absolute atomic E-state index is 0.156. The van der Waals surface area contributed by atoms with Crippen molar-refractivity contribution in [1.82, 2.24) is 31.1 Å². The van der Waals surface area contributed by atoms with Crippen molar-refractivity contribution < 1.29 is 14.3 Å². The van der Waals surface area contributed by atoms with E-state index in [-0.39, 0.29) is 18.9 Å². The number of carbonyl (C=O) groups is 2. The number of nitrogens with one attached hydrogen (secondary N) is 2. The Balaban J connectivity index is 1.34. The highest BCUT2D eigenvalue weighted by Crippen LogP contribution is 2.11. The fraction of sp³-hybridized carbons (Fsp3) is 0.211. The Bertz CT molecular complexity index is 898. The molecule has 2 N–H and O–H groups in total. The van der Waals surface area contributed by atoms with Gasteiger partial charge in [-0.05, 0) is 23.8 Å². The van der Waals surface area contributed by atoms with E-state index in [0.29, 0.717) is 18.9 Å². The predicted molar refractivity (Wildman–Crippen MR) is 101 cm³/mol. The first-order valence-corrected chi connectivity index (χ1v) is 8.79. The Hall–Kier alpha value is -3.75. The number of aromatic nitrogens is 4. The molecule has 3 aromatic rings. The van der Waals surface area contributed by atoms with Crippen molar-refractivity contribution in [1.29, 1.82) is 0 Å². The molecule has 0 radical (unpaired) electrons. The lowest BCUT2D eigenvalue weighted by molar-refractivity contribution is -0.129. The average Bonchev–Trinajstić information content (AvgIpc) is 3.19. The lowest BCUT2D eigenvalue weighted by atomic mass is 10.2. The summed E-state index contributed by atoms with van der Waals surface area (Å²) >= 11 is 0. The molecule has 0 spiro atoms. The molecule has 2 amide bonds. The molecule has 0 unspecified atom stereocenters. The third-order valence-electron chi connectivity index (χ3n) is 3.67. The van der Waals surface area contributed by atoms with Gasteiger partial charge in [0, 0.05) is 12.0 Å². The van der Waals surface area contributed by atoms with Gasteiger partial charge in [0.2, 0.25) is 11.7 Å². The lowest BCUT2D eigenvalue weighted by Gasteiger charge is -2.08. The quantitative estimate of drug-likeness (QED) is 0.451. The molecule has 144 valence electrons. The second-order valence-corrected chi connectivity index (χ2v) is 5.87. The van der Waals surface area contributed by atoms with Gasteiger partial charge in [-0.25, -0.2) is 0 Å². The average molecular weight is 380 g/mol. The van der Waals surface area contributed by atoms with Crippen LogP contribution in [-0.4, -0.2) is 38.6 Å². The van der Waals surface area contributed by atoms with Crippen LogP contribution in [0.1, 0.15) is 12.8 Å². The number of tetrazole rings is 1. The van der Waals surface area contributed by atoms with Gasteiger partial charge in [-0.1, -0.05) is 48.5 Å². The smallest absolute Gasteiger partial charge is 0.262 e. The maximum atomic E-state index is 11.9. The van der Waals surface area contributed by atoms with E-state index in [1.807, 2.05) is 60.7 Å². The Morgan fingerprint density at radius 3 is 2.36 bits per heavy atom. The molecule has 0 bridgehead atoms. The van der Waals surface area contributed by atoms with Crippen LogP contribution < -0.4 is 15.6 Å². The molecular formula is C19H20N6O3. The molecule has 1 heterocycles. The third-order valence-corrected chi connectivity index (χ3v) is 3.67. The molecule has 9 nitrogen and oxygen atoms in total. The number of hydrogen-bond donors (Lipinski definition) is 2. The minimum Gasteiger partial charge on any atom is -0.494 e. The van der Waals surface area contributed by atoms with Gasteiger partial charge in [0.15, 0.2) is 0 Å². The first-order valence-electron chi connectivity index (χ1n) is 8.79. The molecule has 9 heteroatoms. The normalized spacial score (nSPS) is 10.3. The fourth-order valence-corrected chi connectivity index (χ4v) is 2.32. The number of rotatable bonds is 8. The summed E-state index contributed by atoms with van der Waals surface area (Å²) in [5.41, 5.74) is 5.49. The maximum absolute atomic E-state index is 11.9. The van der Waals surface area contributed by atoms with E-state index in [2.05, 4.69) is 26.3 Å². The second-order valence-electron chi connectivity index (χ2n) is 5.87. The van der Waals surface area contributed by atoms with Crippen LogP contribution in [0.4, 0.5) is 0 Å². The van der Waals surface area contributed by atoms with Crippen LogP contribution in [0.15, 0.2) is 60.7 Å². The van der Waals surface area contributed by atoms with Crippen LogP contribution in [0.5, 0.6) is 5.75 Å². The molecule has 0 aliphatic carbocycles. The van der Waals surface area contributed by atoms with Gasteiger partial charge in [-0.2, -0.15) is 4.80 Å². The van der Waals surface area contributed by atoms with Gasteiger partial charge in [0.1, 0.15) is 12.3 Å². The molecule has 3 rings (SSSR count). The Labute approximate surface area is 161 Å². The first kappa shape index (κ1) is 19.0. The van der Waals surface area contributed by atoms with Crippen LogP contribution in [-0.2, 0) is 16.1 Å². The Kier molecular flexibility index (Phi) is 6.67. The number of nitrogens with zero attached hydrogens (tertiary/aromatic N) is 4. The van der Waals surface area contributed by atoms with E-state index in [4.69, 9.17) is 4.74 Å². The van der Waals surface area contributed by atoms with Crippen molar-refractivity contribution in [2.24, 2.45) is 0 Å². The molecule has 0 saturated carbocycles. The summed E-state index contributed by atoms with van der Waals surface area (Å²) in [5, 5.41) is 11.9. The van der Waals surface area contributed by atoms with Crippen molar-refractivity contribution in [2.45, 2.75) is 19.4 Å². The van der Waals surface area contributed by atoms with Crippen molar-refractivity contribution in [3.8, 4) is 17.1 Å². The number of ether oxygens (including phenoxy) is 1. The van der Waals surface area contributed by atoms with Gasteiger partial charge in [0.25, 0.3) is 5.91 Å². The predicted octanol–water partition coefficient (Wildman–Crippen LogP) is 1.35. The van der Waals surface area contributed by atoms with E-state index in [1.165, 1.54) is 0 Å². The highest BCUT2D eigenvalue weighted by molar-refractivity contribution is 5.81. The van der Waals surface area contributed by atoms with Crippen LogP contribution in [0.3, 0.4) is 0 Å². The van der Waals surface area contributed by atoms with Gasteiger partial charge in [-0.3, -0.25) is 20.4 Å². The molecule has 0 atom stereocenters. The summed E-state index contributed by atoms with van der Waals surface area (Å²) in [5.74, 6) is 0.426. The molecule has 0 aliphatic rings. The number of amides is 2. The van der Waals surface area contributed by atoms with Gasteiger partial charge < -0.3 is 4.74 Å². The van der Waals surface area contributed by atoms with Crippen molar-refractivity contribution in [3.63, 3.8) is 0 Å². The maximum Gasteiger partial charge on any atom is 0.262 e. The number of hydrogen-bond acceptors (Lipinski definition) is 6. The molecule has 0 fully saturated rings. The molecule has 0 aliphatic heterocycles. The molecule has 0 saturated heterocycles. The molecule has 28 heavy (non-hydrogen) atoms. The summed E-state index contributed by atoms with van der Waals surface area (Å²) in [7, 11) is 0. The number of benzene rings is 2. The largest absolute Gasteiger partial charge is 0.494 e. The van der Waals surface area contributed by atoms with Gasteiger partial charge >= 0.3 is 0 Å². The highest BCUT2D eigenvalue weighted by Gasteiger charge is 2.10. The number of carbonyl (C=O) groups excluding carboxylic acids is 2. The molecule has 2 aromatic carbocycles. The summed E-state index contributed by atoms with van der Waals surface area (Å²) < 4.78 is 5.51. The zero-order chi connectivity index (χ0) is 19.6. The topological polar surface area (TPSA) is 111 Å². The summed E-state index contributed by atoms with van der Waals surface area (Å²) in [6, 6.07) is 18.7. The summed E-state index contributed by atoms with van der Waals surface area (Å²) in [4.78, 5) is 24.8. The zero-order valence-electron chi connectivity index (χ0n) is 15.1. The van der Waals surface area contributed by atoms with Crippen LogP contribution in [0, 0.1) is 0 Å². The zero-order valence-corrected chi connectivity index (χ0v) is 15.1. The molecule has 1 aromatic heterocycles. The van der Waals surface area contributed by atoms with Crippen molar-refractivity contribution >= 4 is 11.8 Å². The highest BCUT2D eigenvalue weighted by atomic mass is 16.5.